The van der Waals surface area contributed by atoms with Crippen LogP contribution in [0.4, 0.5) is 0 Å². The molecule has 1 heterocycles. The van der Waals surface area contributed by atoms with E-state index in [1.54, 1.807) is 0 Å². The maximum Gasteiger partial charge on any atom is 0.119 e. The minimum absolute atomic E-state index is 0.280. The van der Waals surface area contributed by atoms with Crippen molar-refractivity contribution in [2.75, 3.05) is 32.7 Å². The van der Waals surface area contributed by atoms with Gasteiger partial charge < -0.3 is 15.0 Å². The zero-order valence-electron chi connectivity index (χ0n) is 12.2. The first kappa shape index (κ1) is 14.4. The van der Waals surface area contributed by atoms with Gasteiger partial charge in [-0.15, -0.1) is 0 Å². The third-order valence-corrected chi connectivity index (χ3v) is 3.73. The predicted octanol–water partition coefficient (Wildman–Crippen LogP) is 2.31. The predicted molar refractivity (Wildman–Crippen MR) is 79.8 cm³/mol. The van der Waals surface area contributed by atoms with Gasteiger partial charge in [-0.2, -0.15) is 0 Å². The molecular weight excluding hydrogens is 236 g/mol. The van der Waals surface area contributed by atoms with Crippen molar-refractivity contribution < 1.29 is 4.74 Å². The summed E-state index contributed by atoms with van der Waals surface area (Å²) in [5.41, 5.74) is 1.36. The van der Waals surface area contributed by atoms with Crippen molar-refractivity contribution in [3.05, 3.63) is 29.8 Å². The summed E-state index contributed by atoms with van der Waals surface area (Å²) in [6, 6.07) is 8.47. The first-order valence-electron chi connectivity index (χ1n) is 7.46. The van der Waals surface area contributed by atoms with Crippen LogP contribution in [-0.4, -0.2) is 43.7 Å². The first-order chi connectivity index (χ1) is 9.28. The summed E-state index contributed by atoms with van der Waals surface area (Å²) in [4.78, 5) is 2.51. The number of nitrogens with one attached hydrogen (secondary N) is 1. The SMILES string of the molecule is CCc1ccc(OC(C)CCN2CCNCC2)cc1. The lowest BCUT2D eigenvalue weighted by atomic mass is 10.2. The Morgan fingerprint density at radius 3 is 2.53 bits per heavy atom. The second-order valence-electron chi connectivity index (χ2n) is 5.31. The Bertz CT molecular complexity index is 358. The maximum atomic E-state index is 5.96. The fourth-order valence-corrected chi connectivity index (χ4v) is 2.39. The highest BCUT2D eigenvalue weighted by molar-refractivity contribution is 5.27. The van der Waals surface area contributed by atoms with E-state index in [9.17, 15) is 0 Å². The molecule has 106 valence electrons. The quantitative estimate of drug-likeness (QED) is 0.851. The van der Waals surface area contributed by atoms with Gasteiger partial charge in [-0.25, -0.2) is 0 Å². The van der Waals surface area contributed by atoms with Crippen LogP contribution in [0, 0.1) is 0 Å². The Balaban J connectivity index is 1.71. The number of benzene rings is 1. The number of nitrogens with zero attached hydrogens (tertiary/aromatic N) is 1. The number of rotatable bonds is 6. The van der Waals surface area contributed by atoms with Gasteiger partial charge in [0.1, 0.15) is 5.75 Å². The van der Waals surface area contributed by atoms with Crippen LogP contribution in [0.1, 0.15) is 25.8 Å². The van der Waals surface area contributed by atoms with Gasteiger partial charge in [-0.05, 0) is 37.5 Å². The Morgan fingerprint density at radius 2 is 1.89 bits per heavy atom. The van der Waals surface area contributed by atoms with E-state index in [0.717, 1.165) is 51.3 Å². The Hall–Kier alpha value is -1.06. The van der Waals surface area contributed by atoms with Crippen molar-refractivity contribution in [2.24, 2.45) is 0 Å². The second-order valence-corrected chi connectivity index (χ2v) is 5.31. The molecule has 0 amide bonds. The third kappa shape index (κ3) is 4.84. The summed E-state index contributed by atoms with van der Waals surface area (Å²) in [5.74, 6) is 0.991. The molecule has 0 bridgehead atoms. The van der Waals surface area contributed by atoms with E-state index in [2.05, 4.69) is 48.3 Å². The molecule has 1 aliphatic heterocycles. The van der Waals surface area contributed by atoms with E-state index in [-0.39, 0.29) is 6.10 Å². The van der Waals surface area contributed by atoms with Gasteiger partial charge >= 0.3 is 0 Å². The van der Waals surface area contributed by atoms with Crippen LogP contribution in [0.25, 0.3) is 0 Å². The molecule has 0 aromatic heterocycles. The summed E-state index contributed by atoms with van der Waals surface area (Å²) in [6.07, 6.45) is 2.45. The average Bonchev–Trinajstić information content (AvgIpc) is 2.47. The van der Waals surface area contributed by atoms with Gasteiger partial charge in [0.05, 0.1) is 6.10 Å². The fourth-order valence-electron chi connectivity index (χ4n) is 2.39. The van der Waals surface area contributed by atoms with E-state index < -0.39 is 0 Å². The monoisotopic (exact) mass is 262 g/mol. The van der Waals surface area contributed by atoms with Gasteiger partial charge in [-0.1, -0.05) is 19.1 Å². The summed E-state index contributed by atoms with van der Waals surface area (Å²) in [5, 5.41) is 3.38. The molecule has 2 rings (SSSR count). The molecule has 1 aromatic rings. The highest BCUT2D eigenvalue weighted by atomic mass is 16.5. The number of hydrogen-bond acceptors (Lipinski definition) is 3. The third-order valence-electron chi connectivity index (χ3n) is 3.73. The summed E-state index contributed by atoms with van der Waals surface area (Å²) >= 11 is 0. The molecular formula is C16H26N2O. The molecule has 1 atom stereocenters. The van der Waals surface area contributed by atoms with E-state index in [4.69, 9.17) is 4.74 Å². The Morgan fingerprint density at radius 1 is 1.21 bits per heavy atom. The molecule has 19 heavy (non-hydrogen) atoms. The number of piperazine rings is 1. The van der Waals surface area contributed by atoms with Gasteiger partial charge in [-0.3, -0.25) is 0 Å². The molecule has 1 unspecified atom stereocenters. The van der Waals surface area contributed by atoms with E-state index in [1.165, 1.54) is 5.56 Å². The summed E-state index contributed by atoms with van der Waals surface area (Å²) in [6.45, 7) is 10.0. The fraction of sp³-hybridized carbons (Fsp3) is 0.625. The first-order valence-corrected chi connectivity index (χ1v) is 7.46. The zero-order valence-corrected chi connectivity index (χ0v) is 12.2. The van der Waals surface area contributed by atoms with Crippen LogP contribution in [0.5, 0.6) is 5.75 Å². The smallest absolute Gasteiger partial charge is 0.119 e. The molecule has 3 heteroatoms. The van der Waals surface area contributed by atoms with Crippen LogP contribution in [-0.2, 0) is 6.42 Å². The lowest BCUT2D eigenvalue weighted by molar-refractivity contribution is 0.167. The van der Waals surface area contributed by atoms with Gasteiger partial charge in [0.25, 0.3) is 0 Å². The van der Waals surface area contributed by atoms with Crippen molar-refractivity contribution in [1.82, 2.24) is 10.2 Å². The topological polar surface area (TPSA) is 24.5 Å². The second kappa shape index (κ2) is 7.51. The number of hydrogen-bond donors (Lipinski definition) is 1. The highest BCUT2D eigenvalue weighted by Crippen LogP contribution is 2.15. The van der Waals surface area contributed by atoms with Crippen LogP contribution >= 0.6 is 0 Å². The minimum Gasteiger partial charge on any atom is -0.491 e. The van der Waals surface area contributed by atoms with Gasteiger partial charge in [0.2, 0.25) is 0 Å². The van der Waals surface area contributed by atoms with Crippen molar-refractivity contribution in [3.8, 4) is 5.75 Å². The molecule has 1 aliphatic rings. The number of aryl methyl sites for hydroxylation is 1. The summed E-state index contributed by atoms with van der Waals surface area (Å²) in [7, 11) is 0. The average molecular weight is 262 g/mol. The Kier molecular flexibility index (Phi) is 5.67. The minimum atomic E-state index is 0.280. The zero-order chi connectivity index (χ0) is 13.5. The largest absolute Gasteiger partial charge is 0.491 e. The molecule has 1 fully saturated rings. The molecule has 0 radical (unpaired) electrons. The molecule has 0 aliphatic carbocycles. The van der Waals surface area contributed by atoms with Crippen LogP contribution < -0.4 is 10.1 Å². The number of ether oxygens (including phenoxy) is 1. The van der Waals surface area contributed by atoms with E-state index in [1.807, 2.05) is 0 Å². The molecule has 0 spiro atoms. The van der Waals surface area contributed by atoms with Crippen LogP contribution in [0.15, 0.2) is 24.3 Å². The van der Waals surface area contributed by atoms with Crippen molar-refractivity contribution in [2.45, 2.75) is 32.8 Å². The highest BCUT2D eigenvalue weighted by Gasteiger charge is 2.11. The Labute approximate surface area is 116 Å². The standard InChI is InChI=1S/C16H26N2O/c1-3-15-4-6-16(7-5-15)19-14(2)8-11-18-12-9-17-10-13-18/h4-7,14,17H,3,8-13H2,1-2H3. The maximum absolute atomic E-state index is 5.96. The molecule has 1 saturated heterocycles. The summed E-state index contributed by atoms with van der Waals surface area (Å²) < 4.78 is 5.96. The lowest BCUT2D eigenvalue weighted by Gasteiger charge is -2.28. The van der Waals surface area contributed by atoms with E-state index >= 15 is 0 Å². The van der Waals surface area contributed by atoms with Crippen LogP contribution in [0.3, 0.4) is 0 Å². The van der Waals surface area contributed by atoms with Gasteiger partial charge in [0.15, 0.2) is 0 Å². The lowest BCUT2D eigenvalue weighted by Crippen LogP contribution is -2.44. The normalized spacial score (nSPS) is 18.2. The van der Waals surface area contributed by atoms with Crippen LogP contribution in [0.2, 0.25) is 0 Å². The molecule has 1 N–H and O–H groups in total. The molecule has 0 saturated carbocycles. The van der Waals surface area contributed by atoms with Crippen molar-refractivity contribution >= 4 is 0 Å². The van der Waals surface area contributed by atoms with Gasteiger partial charge in [0, 0.05) is 32.7 Å². The molecule has 3 nitrogen and oxygen atoms in total. The van der Waals surface area contributed by atoms with E-state index in [0.29, 0.717) is 0 Å². The van der Waals surface area contributed by atoms with Crippen molar-refractivity contribution in [3.63, 3.8) is 0 Å². The molecule has 1 aromatic carbocycles. The van der Waals surface area contributed by atoms with Crippen molar-refractivity contribution in [1.29, 1.82) is 0 Å².